The number of rotatable bonds is 42. The number of hydrogen-bond donors (Lipinski definition) is 14. The maximum Gasteiger partial charge on any atom is 0.245 e. The van der Waals surface area contributed by atoms with Crippen molar-refractivity contribution >= 4 is 29.5 Å². The first-order valence-corrected chi connectivity index (χ1v) is 27.8. The summed E-state index contributed by atoms with van der Waals surface area (Å²) in [5.74, 6) is -3.92. The molecule has 3 fully saturated rings. The number of amides is 5. The highest BCUT2D eigenvalue weighted by atomic mass is 16.7. The van der Waals surface area contributed by atoms with E-state index >= 15 is 0 Å². The van der Waals surface area contributed by atoms with Crippen molar-refractivity contribution in [3.05, 3.63) is 0 Å². The minimum atomic E-state index is -1.48. The molecule has 0 bridgehead atoms. The summed E-state index contributed by atoms with van der Waals surface area (Å²) >= 11 is 0. The van der Waals surface area contributed by atoms with Gasteiger partial charge in [-0.25, -0.2) is 5.48 Å². The molecule has 0 saturated carbocycles. The molecule has 0 aliphatic carbocycles. The Labute approximate surface area is 484 Å². The maximum absolute atomic E-state index is 13.6. The van der Waals surface area contributed by atoms with Crippen LogP contribution in [0.2, 0.25) is 0 Å². The van der Waals surface area contributed by atoms with Gasteiger partial charge in [0.25, 0.3) is 0 Å². The maximum atomic E-state index is 13.6. The summed E-state index contributed by atoms with van der Waals surface area (Å²) in [5, 5.41) is 101. The van der Waals surface area contributed by atoms with Gasteiger partial charge < -0.3 is 115 Å². The Bertz CT molecular complexity index is 1640. The van der Waals surface area contributed by atoms with E-state index in [0.717, 1.165) is 0 Å². The first-order valence-electron chi connectivity index (χ1n) is 29.8. The van der Waals surface area contributed by atoms with Gasteiger partial charge in [0, 0.05) is 81.1 Å². The molecule has 30 heteroatoms. The molecule has 6 unspecified atom stereocenters. The van der Waals surface area contributed by atoms with Crippen LogP contribution in [0.25, 0.3) is 0 Å². The summed E-state index contributed by atoms with van der Waals surface area (Å²) in [6, 6.07) is 0. The van der Waals surface area contributed by atoms with E-state index in [-0.39, 0.29) is 135 Å². The average molecular weight is 1200 g/mol. The van der Waals surface area contributed by atoms with Crippen LogP contribution in [0.4, 0.5) is 0 Å². The quantitative estimate of drug-likeness (QED) is 0.0203. The Kier molecular flexibility index (Phi) is 36.0. The van der Waals surface area contributed by atoms with Gasteiger partial charge in [-0.3, -0.25) is 28.8 Å². The number of nitrogens with one attached hydrogen (secondary N) is 5. The van der Waals surface area contributed by atoms with Crippen LogP contribution in [-0.2, 0) is 76.2 Å². The molecule has 0 aromatic rings. The number of methoxy groups -OCH3 is 1. The van der Waals surface area contributed by atoms with Crippen LogP contribution in [0.5, 0.6) is 0 Å². The van der Waals surface area contributed by atoms with Gasteiger partial charge in [-0.15, -0.1) is 0 Å². The van der Waals surface area contributed by atoms with Gasteiger partial charge in [0.2, 0.25) is 29.5 Å². The molecule has 30 nitrogen and oxygen atoms in total. The van der Waals surface area contributed by atoms with Crippen LogP contribution in [0.3, 0.4) is 0 Å². The highest BCUT2D eigenvalue weighted by Crippen LogP contribution is 2.29. The third-order valence-electron chi connectivity index (χ3n) is 13.7. The number of aliphatic hydroxyl groups excluding tert-OH is 9. The van der Waals surface area contributed by atoms with Crippen molar-refractivity contribution < 1.29 is 126 Å². The van der Waals surface area contributed by atoms with Crippen LogP contribution in [-0.4, -0.2) is 274 Å². The Morgan fingerprint density at radius 2 is 0.841 bits per heavy atom. The van der Waals surface area contributed by atoms with Gasteiger partial charge in [-0.2, -0.15) is 0 Å². The number of aliphatic hydroxyl groups is 9. The number of hydrogen-bond acceptors (Lipinski definition) is 25. The highest BCUT2D eigenvalue weighted by molar-refractivity contribution is 5.79. The molecule has 0 radical (unpaired) electrons. The zero-order valence-electron chi connectivity index (χ0n) is 51.1. The van der Waals surface area contributed by atoms with E-state index in [0.29, 0.717) is 32.4 Å². The Hall–Kier alpha value is -3.45. The lowest BCUT2D eigenvalue weighted by atomic mass is 9.92. The van der Waals surface area contributed by atoms with Crippen molar-refractivity contribution in [2.75, 3.05) is 119 Å². The van der Waals surface area contributed by atoms with E-state index in [1.165, 1.54) is 7.40 Å². The fourth-order valence-corrected chi connectivity index (χ4v) is 8.63. The van der Waals surface area contributed by atoms with Crippen molar-refractivity contribution in [2.24, 2.45) is 17.8 Å². The monoisotopic (exact) mass is 1200 g/mol. The summed E-state index contributed by atoms with van der Waals surface area (Å²) in [6.07, 6.45) is -12.2. The number of hydroxylamine groups is 1. The number of ether oxygens (including phenoxy) is 10. The standard InChI is InChI=1S/C51H93N5O25.CH4.H2/c1-31-42(65)45(68)34(25-57)79-48(31)75-18-7-15-53-38(61)11-20-72-28-51(55-40(63)10-5-9-37(60)52-14-6-17-71-4,29-73-21-12-39(62)54-16-8-19-76-49-32(2)43(66)46(69)35(26-58)80-49)30-74-22-13-41(64)56-78-24-23-77-50-33(3)44(67)47(70)36(27-59)81-50;;/h31-36,42-50,57-59,65-70H,5-30H2,1-4H3,(H,52,60)(H,53,61)(H,54,62)(H,55,63)(H,56,64);1H4;1H/t31?,32?,33?,34?,35?,36?,42-,43-,44-,45+,46+,47+,48-,49-,50-,51?;;/m1../s1/i;1T;1+2T. The predicted molar refractivity (Wildman–Crippen MR) is 287 cm³/mol. The molecule has 3 aliphatic heterocycles. The van der Waals surface area contributed by atoms with Crippen molar-refractivity contribution in [3.8, 4) is 0 Å². The van der Waals surface area contributed by atoms with Crippen molar-refractivity contribution in [3.63, 3.8) is 0 Å². The molecule has 15 atom stereocenters. The number of carbonyl (C=O) groups excluding carboxylic acids is 5. The normalized spacial score (nSPS) is 29.1. The van der Waals surface area contributed by atoms with E-state index in [1.807, 2.05) is 0 Å². The Balaban J connectivity index is 0.00000883. The van der Waals surface area contributed by atoms with E-state index in [9.17, 15) is 69.9 Å². The molecule has 14 N–H and O–H groups in total. The third-order valence-corrected chi connectivity index (χ3v) is 13.7. The first kappa shape index (κ1) is 71.0. The second-order valence-corrected chi connectivity index (χ2v) is 20.4. The largest absolute Gasteiger partial charge is 0.394 e. The molecule has 0 aromatic heterocycles. The van der Waals surface area contributed by atoms with Crippen molar-refractivity contribution in [1.82, 2.24) is 26.7 Å². The molecular weight excluding hydrogens is 1090 g/mol. The molecule has 82 heavy (non-hydrogen) atoms. The topological polar surface area (TPSA) is 429 Å². The number of carbonyl (C=O) groups is 5. The third kappa shape index (κ3) is 26.9. The summed E-state index contributed by atoms with van der Waals surface area (Å²) in [6.45, 7) is 3.23. The van der Waals surface area contributed by atoms with Crippen molar-refractivity contribution in [2.45, 2.75) is 165 Å². The Morgan fingerprint density at radius 1 is 0.488 bits per heavy atom. The van der Waals surface area contributed by atoms with E-state index in [4.69, 9.17) is 56.5 Å². The minimum absolute atomic E-state index is 0.0451. The van der Waals surface area contributed by atoms with Crippen LogP contribution < -0.4 is 26.7 Å². The first-order chi connectivity index (χ1) is 40.8. The van der Waals surface area contributed by atoms with Gasteiger partial charge in [0.1, 0.15) is 42.2 Å². The van der Waals surface area contributed by atoms with E-state index < -0.39 is 129 Å². The summed E-state index contributed by atoms with van der Waals surface area (Å²) < 4.78 is 72.3. The van der Waals surface area contributed by atoms with Gasteiger partial charge in [-0.1, -0.05) is 28.2 Å². The van der Waals surface area contributed by atoms with Gasteiger partial charge in [-0.05, 0) is 25.7 Å². The SMILES string of the molecule is COCCCNC(=O)CCCC(=O)NC(COCCC(=O)NCCCO[C@@H]1OC(CO)[C@H](O)[C@H](O)C1C)(COCCC(=O)NCCCO[C@@H]1OC(CO)[C@H](O)[C@H](O)C1C)COCCC(=O)NOCCO[C@@H]1OC(CO)[C@H](O)[C@H](O)C1C.[3H]C.[3H][3H]. The summed E-state index contributed by atoms with van der Waals surface area (Å²) in [5.41, 5.74) is 0.788. The fraction of sp³-hybridized carbons (Fsp3) is 0.904. The van der Waals surface area contributed by atoms with Gasteiger partial charge in [0.05, 0.1) is 111 Å². The molecule has 0 spiro atoms. The molecule has 5 amide bonds. The molecule has 3 saturated heterocycles. The predicted octanol–water partition coefficient (Wildman–Crippen LogP) is -4.40. The lowest BCUT2D eigenvalue weighted by molar-refractivity contribution is -0.284. The second kappa shape index (κ2) is 41.6. The van der Waals surface area contributed by atoms with Crippen LogP contribution in [0.15, 0.2) is 0 Å². The second-order valence-electron chi connectivity index (χ2n) is 20.4. The van der Waals surface area contributed by atoms with Crippen LogP contribution in [0.1, 0.15) is 90.3 Å². The average Bonchev–Trinajstić information content (AvgIpc) is 3.68. The van der Waals surface area contributed by atoms with E-state index in [1.54, 1.807) is 27.9 Å². The van der Waals surface area contributed by atoms with Gasteiger partial charge >= 0.3 is 0 Å². The molecular formula is C52H99N5O25. The molecule has 3 rings (SSSR count). The summed E-state index contributed by atoms with van der Waals surface area (Å²) in [7, 11) is 2.80. The molecule has 0 aromatic carbocycles. The molecule has 3 aliphatic rings. The highest BCUT2D eigenvalue weighted by Gasteiger charge is 2.45. The van der Waals surface area contributed by atoms with E-state index in [2.05, 4.69) is 26.7 Å². The van der Waals surface area contributed by atoms with Crippen LogP contribution in [0, 0.1) is 17.8 Å². The van der Waals surface area contributed by atoms with Gasteiger partial charge in [0.15, 0.2) is 18.9 Å². The molecule has 3 heterocycles. The van der Waals surface area contributed by atoms with Crippen LogP contribution >= 0.6 is 0 Å². The Morgan fingerprint density at radius 3 is 1.23 bits per heavy atom. The fourth-order valence-electron chi connectivity index (χ4n) is 8.63. The zero-order valence-corrected chi connectivity index (χ0v) is 48.1. The zero-order chi connectivity index (χ0) is 63.7. The lowest BCUT2D eigenvalue weighted by Crippen LogP contribution is -2.58. The lowest BCUT2D eigenvalue weighted by Gasteiger charge is -2.40. The molecule has 482 valence electrons. The summed E-state index contributed by atoms with van der Waals surface area (Å²) in [4.78, 5) is 69.8. The van der Waals surface area contributed by atoms with Crippen molar-refractivity contribution in [1.29, 1.82) is 0 Å². The smallest absolute Gasteiger partial charge is 0.245 e. The minimum Gasteiger partial charge on any atom is -0.394 e.